The number of likely N-dealkylation sites (N-methyl/N-ethyl adjacent to an activating group) is 1. The maximum Gasteiger partial charge on any atom is 0.245 e. The number of carbonyl (C=O) groups is 4. The number of ether oxygens (including phenoxy) is 2. The summed E-state index contributed by atoms with van der Waals surface area (Å²) in [6, 6.07) is 20.4. The highest BCUT2D eigenvalue weighted by atomic mass is 16.5. The molecule has 2 aromatic carbocycles. The highest BCUT2D eigenvalue weighted by Crippen LogP contribution is 2.53. The second-order valence-electron chi connectivity index (χ2n) is 23.6. The lowest BCUT2D eigenvalue weighted by molar-refractivity contribution is -0.146. The Morgan fingerprint density at radius 3 is 1.54 bits per heavy atom. The molecule has 0 aliphatic carbocycles. The zero-order chi connectivity index (χ0) is 51.0. The SMILES string of the molecule is CC[C@@H](C)C(=O)N[C@H](C(=O)N1CC[C@@]2(C)C[C@@H](OCCO[C@H]3CN(CCc4ccccc4)C[C@@]4(C)N(C(=O)[C@@H](CC(=O)[C@H](C)NC)C(C)C)CC[C@@]4(C)C3)CN(CCc3ccccc3)C[C@@]12C)C(C)C. The number of Topliss-reactive ketones (excluding diaryl/α,β-unsaturated/α-hetero) is 1. The summed E-state index contributed by atoms with van der Waals surface area (Å²) in [5.41, 5.74) is 1.24. The van der Waals surface area contributed by atoms with Crippen molar-refractivity contribution in [2.45, 2.75) is 163 Å². The molecule has 4 fully saturated rings. The molecule has 12 heteroatoms. The fourth-order valence-corrected chi connectivity index (χ4v) is 12.4. The minimum Gasteiger partial charge on any atom is -0.374 e. The Morgan fingerprint density at radius 1 is 0.671 bits per heavy atom. The van der Waals surface area contributed by atoms with E-state index in [1.54, 1.807) is 7.05 Å². The molecule has 0 aromatic heterocycles. The van der Waals surface area contributed by atoms with Gasteiger partial charge in [-0.2, -0.15) is 0 Å². The summed E-state index contributed by atoms with van der Waals surface area (Å²) < 4.78 is 13.9. The van der Waals surface area contributed by atoms with E-state index in [0.717, 1.165) is 84.2 Å². The van der Waals surface area contributed by atoms with Gasteiger partial charge in [0.05, 0.1) is 42.5 Å². The van der Waals surface area contributed by atoms with Crippen LogP contribution in [-0.2, 0) is 41.5 Å². The first-order valence-electron chi connectivity index (χ1n) is 27.1. The summed E-state index contributed by atoms with van der Waals surface area (Å²) in [4.78, 5) is 65.3. The molecule has 12 nitrogen and oxygen atoms in total. The Kier molecular flexibility index (Phi) is 19.0. The first-order valence-corrected chi connectivity index (χ1v) is 27.1. The molecule has 4 heterocycles. The second kappa shape index (κ2) is 23.9. The van der Waals surface area contributed by atoms with E-state index >= 15 is 0 Å². The molecule has 10 atom stereocenters. The summed E-state index contributed by atoms with van der Waals surface area (Å²) in [5.74, 6) is -0.413. The topological polar surface area (TPSA) is 124 Å². The van der Waals surface area contributed by atoms with E-state index in [-0.39, 0.29) is 82.7 Å². The molecular weight excluding hydrogens is 877 g/mol. The summed E-state index contributed by atoms with van der Waals surface area (Å²) >= 11 is 0. The number of ketones is 1. The highest BCUT2D eigenvalue weighted by molar-refractivity contribution is 5.90. The third kappa shape index (κ3) is 12.6. The fourth-order valence-electron chi connectivity index (χ4n) is 12.4. The van der Waals surface area contributed by atoms with Gasteiger partial charge in [-0.3, -0.25) is 29.0 Å². The molecule has 3 amide bonds. The van der Waals surface area contributed by atoms with Gasteiger partial charge in [0, 0.05) is 70.6 Å². The molecule has 4 aliphatic heterocycles. The summed E-state index contributed by atoms with van der Waals surface area (Å²) in [7, 11) is 1.80. The van der Waals surface area contributed by atoms with E-state index in [4.69, 9.17) is 9.47 Å². The Balaban J connectivity index is 1.18. The lowest BCUT2D eigenvalue weighted by atomic mass is 9.69. The zero-order valence-electron chi connectivity index (χ0n) is 45.4. The number of benzene rings is 2. The van der Waals surface area contributed by atoms with Crippen molar-refractivity contribution in [2.24, 2.45) is 34.5 Å². The minimum atomic E-state index is -0.586. The van der Waals surface area contributed by atoms with Gasteiger partial charge in [-0.15, -0.1) is 0 Å². The average molecular weight is 969 g/mol. The van der Waals surface area contributed by atoms with E-state index in [1.807, 2.05) is 34.6 Å². The molecule has 0 radical (unpaired) electrons. The summed E-state index contributed by atoms with van der Waals surface area (Å²) in [6.45, 7) is 30.2. The van der Waals surface area contributed by atoms with Gasteiger partial charge in [0.15, 0.2) is 0 Å². The van der Waals surface area contributed by atoms with Crippen LogP contribution >= 0.6 is 0 Å². The van der Waals surface area contributed by atoms with Crippen molar-refractivity contribution in [3.63, 3.8) is 0 Å². The fraction of sp³-hybridized carbons (Fsp3) is 0.724. The maximum atomic E-state index is 14.8. The molecule has 2 aromatic rings. The van der Waals surface area contributed by atoms with Gasteiger partial charge in [0.25, 0.3) is 0 Å². The van der Waals surface area contributed by atoms with E-state index in [0.29, 0.717) is 26.3 Å². The number of nitrogens with zero attached hydrogens (tertiary/aromatic N) is 4. The molecule has 390 valence electrons. The quantitative estimate of drug-likeness (QED) is 0.115. The van der Waals surface area contributed by atoms with Crippen LogP contribution < -0.4 is 10.6 Å². The minimum absolute atomic E-state index is 0.0170. The van der Waals surface area contributed by atoms with Crippen molar-refractivity contribution < 1.29 is 28.7 Å². The number of amides is 3. The number of carbonyl (C=O) groups excluding carboxylic acids is 4. The molecule has 0 spiro atoms. The molecule has 6 rings (SSSR count). The van der Waals surface area contributed by atoms with E-state index in [9.17, 15) is 19.2 Å². The maximum absolute atomic E-state index is 14.8. The van der Waals surface area contributed by atoms with Crippen LogP contribution in [0.2, 0.25) is 0 Å². The molecular formula is C58H92N6O6. The van der Waals surface area contributed by atoms with E-state index in [2.05, 4.69) is 132 Å². The molecule has 0 bridgehead atoms. The van der Waals surface area contributed by atoms with Gasteiger partial charge < -0.3 is 29.9 Å². The van der Waals surface area contributed by atoms with Crippen LogP contribution in [0.3, 0.4) is 0 Å². The van der Waals surface area contributed by atoms with E-state index in [1.165, 1.54) is 11.1 Å². The van der Waals surface area contributed by atoms with Crippen molar-refractivity contribution >= 4 is 23.5 Å². The van der Waals surface area contributed by atoms with Gasteiger partial charge in [-0.25, -0.2) is 0 Å². The number of hydrogen-bond acceptors (Lipinski definition) is 9. The van der Waals surface area contributed by atoms with Crippen LogP contribution in [0.15, 0.2) is 60.7 Å². The van der Waals surface area contributed by atoms with Gasteiger partial charge in [-0.1, -0.05) is 116 Å². The molecule has 4 saturated heterocycles. The molecule has 2 N–H and O–H groups in total. The van der Waals surface area contributed by atoms with Crippen molar-refractivity contribution in [3.05, 3.63) is 71.8 Å². The third-order valence-electron chi connectivity index (χ3n) is 18.1. The molecule has 70 heavy (non-hydrogen) atoms. The normalized spacial score (nSPS) is 29.2. The lowest BCUT2D eigenvalue weighted by Crippen LogP contribution is -2.62. The van der Waals surface area contributed by atoms with Crippen LogP contribution in [-0.4, -0.2) is 151 Å². The molecule has 4 aliphatic rings. The summed E-state index contributed by atoms with van der Waals surface area (Å²) in [6.07, 6.45) is 6.02. The van der Waals surface area contributed by atoms with Gasteiger partial charge in [0.2, 0.25) is 17.7 Å². The monoisotopic (exact) mass is 969 g/mol. The summed E-state index contributed by atoms with van der Waals surface area (Å²) in [5, 5.41) is 6.24. The first kappa shape index (κ1) is 55.6. The Morgan fingerprint density at radius 2 is 1.13 bits per heavy atom. The smallest absolute Gasteiger partial charge is 0.245 e. The van der Waals surface area contributed by atoms with Crippen LogP contribution in [0.25, 0.3) is 0 Å². The number of hydrogen-bond donors (Lipinski definition) is 2. The third-order valence-corrected chi connectivity index (χ3v) is 18.1. The van der Waals surface area contributed by atoms with Crippen LogP contribution in [0, 0.1) is 34.5 Å². The van der Waals surface area contributed by atoms with Crippen molar-refractivity contribution in [1.29, 1.82) is 0 Å². The van der Waals surface area contributed by atoms with Crippen molar-refractivity contribution in [2.75, 3.05) is 72.6 Å². The standard InChI is InChI=1S/C58H92N6O6/c1-13-43(6)52(66)60-51(42(4)5)54(68)64-31-27-56(9)36-48(38-62(40-58(56,64)11)29-25-46-22-18-15-19-23-46)70-33-32-69-47-35-55(8)26-30-63(53(67)49(41(2)3)34-50(65)44(7)59-12)57(55,10)39-61(37-47)28-24-45-20-16-14-17-21-45/h14-23,41-44,47-49,51,59H,13,24-40H2,1-12H3,(H,60,66)/t43-,44+,47-,48-,49+,51+,55+,56+,57-,58-/m1/s1. The van der Waals surface area contributed by atoms with E-state index < -0.39 is 17.1 Å². The van der Waals surface area contributed by atoms with Crippen LogP contribution in [0.5, 0.6) is 0 Å². The second-order valence-corrected chi connectivity index (χ2v) is 23.6. The van der Waals surface area contributed by atoms with Crippen molar-refractivity contribution in [3.8, 4) is 0 Å². The van der Waals surface area contributed by atoms with Gasteiger partial charge >= 0.3 is 0 Å². The Labute approximate surface area is 422 Å². The largest absolute Gasteiger partial charge is 0.374 e. The van der Waals surface area contributed by atoms with Gasteiger partial charge in [0.1, 0.15) is 11.8 Å². The van der Waals surface area contributed by atoms with Crippen molar-refractivity contribution in [1.82, 2.24) is 30.2 Å². The highest BCUT2D eigenvalue weighted by Gasteiger charge is 2.60. The Bertz CT molecular complexity index is 1890. The zero-order valence-corrected chi connectivity index (χ0v) is 45.4. The first-order chi connectivity index (χ1) is 33.2. The van der Waals surface area contributed by atoms with Crippen LogP contribution in [0.1, 0.15) is 126 Å². The average Bonchev–Trinajstić information content (AvgIpc) is 3.64. The number of nitrogens with one attached hydrogen (secondary N) is 2. The predicted octanol–water partition coefficient (Wildman–Crippen LogP) is 7.67. The Hall–Kier alpha value is -3.68. The number of fused-ring (bicyclic) bond motifs is 2. The molecule has 0 unspecified atom stereocenters. The predicted molar refractivity (Wildman–Crippen MR) is 280 cm³/mol. The number of likely N-dealkylation sites (tertiary alicyclic amines) is 4. The van der Waals surface area contributed by atoms with Crippen LogP contribution in [0.4, 0.5) is 0 Å². The lowest BCUT2D eigenvalue weighted by Gasteiger charge is -2.47. The molecule has 0 saturated carbocycles. The van der Waals surface area contributed by atoms with Gasteiger partial charge in [-0.05, 0) is 107 Å². The number of rotatable bonds is 22.